The Morgan fingerprint density at radius 1 is 1.21 bits per heavy atom. The fourth-order valence-electron chi connectivity index (χ4n) is 1.87. The van der Waals surface area contributed by atoms with Gasteiger partial charge in [-0.3, -0.25) is 0 Å². The zero-order chi connectivity index (χ0) is 14.0. The van der Waals surface area contributed by atoms with Crippen LogP contribution in [0.15, 0.2) is 22.6 Å². The van der Waals surface area contributed by atoms with Crippen molar-refractivity contribution < 1.29 is 9.15 Å². The van der Waals surface area contributed by atoms with Gasteiger partial charge in [-0.2, -0.15) is 0 Å². The fourth-order valence-corrected chi connectivity index (χ4v) is 1.87. The highest BCUT2D eigenvalue weighted by Crippen LogP contribution is 2.24. The smallest absolute Gasteiger partial charge is 0.198 e. The third kappa shape index (κ3) is 3.07. The Hall–Kier alpha value is -1.55. The Labute approximate surface area is 114 Å². The van der Waals surface area contributed by atoms with E-state index in [4.69, 9.17) is 9.15 Å². The second kappa shape index (κ2) is 5.61. The Bertz CT molecular complexity index is 548. The minimum atomic E-state index is 0.152. The molecule has 104 valence electrons. The van der Waals surface area contributed by atoms with Crippen molar-refractivity contribution in [3.05, 3.63) is 24.1 Å². The van der Waals surface area contributed by atoms with E-state index in [0.717, 1.165) is 22.7 Å². The maximum absolute atomic E-state index is 5.69. The van der Waals surface area contributed by atoms with Crippen LogP contribution in [-0.2, 0) is 4.74 Å². The van der Waals surface area contributed by atoms with E-state index in [0.29, 0.717) is 5.92 Å². The van der Waals surface area contributed by atoms with Crippen LogP contribution in [0.5, 0.6) is 0 Å². The molecule has 1 heterocycles. The summed E-state index contributed by atoms with van der Waals surface area (Å²) in [7, 11) is 1.72. The number of ether oxygens (including phenoxy) is 1. The van der Waals surface area contributed by atoms with Gasteiger partial charge in [0.1, 0.15) is 5.52 Å². The second-order valence-electron chi connectivity index (χ2n) is 5.26. The lowest BCUT2D eigenvalue weighted by atomic mass is 10.2. The van der Waals surface area contributed by atoms with Crippen molar-refractivity contribution >= 4 is 16.8 Å². The largest absolute Gasteiger partial charge is 0.440 e. The van der Waals surface area contributed by atoms with Crippen molar-refractivity contribution in [1.82, 2.24) is 4.98 Å². The van der Waals surface area contributed by atoms with Gasteiger partial charge < -0.3 is 14.5 Å². The third-order valence-corrected chi connectivity index (χ3v) is 3.37. The summed E-state index contributed by atoms with van der Waals surface area (Å²) in [6.07, 6.45) is 0.152. The average Bonchev–Trinajstić information content (AvgIpc) is 2.81. The Morgan fingerprint density at radius 2 is 1.95 bits per heavy atom. The molecule has 0 aliphatic heterocycles. The summed E-state index contributed by atoms with van der Waals surface area (Å²) >= 11 is 0. The van der Waals surface area contributed by atoms with Crippen molar-refractivity contribution in [2.75, 3.05) is 12.4 Å². The number of fused-ring (bicyclic) bond motifs is 1. The summed E-state index contributed by atoms with van der Waals surface area (Å²) < 4.78 is 11.0. The minimum Gasteiger partial charge on any atom is -0.440 e. The first-order valence-electron chi connectivity index (χ1n) is 6.71. The van der Waals surface area contributed by atoms with E-state index in [1.807, 2.05) is 25.1 Å². The number of hydrogen-bond acceptors (Lipinski definition) is 4. The van der Waals surface area contributed by atoms with E-state index in [-0.39, 0.29) is 12.1 Å². The van der Waals surface area contributed by atoms with Crippen LogP contribution in [-0.4, -0.2) is 24.2 Å². The number of rotatable bonds is 5. The van der Waals surface area contributed by atoms with Crippen LogP contribution in [0.2, 0.25) is 0 Å². The van der Waals surface area contributed by atoms with Gasteiger partial charge >= 0.3 is 0 Å². The number of anilines is 1. The summed E-state index contributed by atoms with van der Waals surface area (Å²) in [4.78, 5) is 4.51. The second-order valence-corrected chi connectivity index (χ2v) is 5.26. The van der Waals surface area contributed by atoms with Crippen LogP contribution in [0, 0.1) is 0 Å². The molecular formula is C15H22N2O2. The summed E-state index contributed by atoms with van der Waals surface area (Å²) in [6.45, 7) is 8.29. The standard InChI is InChI=1S/C15H22N2O2/c1-9(2)15-17-13-8-12(6-7-14(13)19-15)16-10(3)11(4)18-5/h6-11,16H,1-5H3. The predicted molar refractivity (Wildman–Crippen MR) is 77.7 cm³/mol. The number of hydrogen-bond donors (Lipinski definition) is 1. The molecule has 0 bridgehead atoms. The van der Waals surface area contributed by atoms with Gasteiger partial charge in [0.25, 0.3) is 0 Å². The molecule has 0 saturated carbocycles. The number of nitrogens with one attached hydrogen (secondary N) is 1. The molecule has 0 amide bonds. The van der Waals surface area contributed by atoms with E-state index >= 15 is 0 Å². The van der Waals surface area contributed by atoms with Crippen molar-refractivity contribution in [2.24, 2.45) is 0 Å². The number of methoxy groups -OCH3 is 1. The van der Waals surface area contributed by atoms with Gasteiger partial charge in [-0.1, -0.05) is 13.8 Å². The molecule has 0 fully saturated rings. The molecule has 4 nitrogen and oxygen atoms in total. The van der Waals surface area contributed by atoms with Crippen LogP contribution in [0.3, 0.4) is 0 Å². The molecule has 2 atom stereocenters. The van der Waals surface area contributed by atoms with Crippen LogP contribution in [0.25, 0.3) is 11.1 Å². The lowest BCUT2D eigenvalue weighted by Crippen LogP contribution is -2.29. The topological polar surface area (TPSA) is 47.3 Å². The van der Waals surface area contributed by atoms with Crippen molar-refractivity contribution in [1.29, 1.82) is 0 Å². The monoisotopic (exact) mass is 262 g/mol. The third-order valence-electron chi connectivity index (χ3n) is 3.37. The van der Waals surface area contributed by atoms with Gasteiger partial charge in [0, 0.05) is 24.8 Å². The quantitative estimate of drug-likeness (QED) is 0.890. The van der Waals surface area contributed by atoms with E-state index in [1.54, 1.807) is 7.11 Å². The van der Waals surface area contributed by atoms with E-state index in [1.165, 1.54) is 0 Å². The number of aromatic nitrogens is 1. The molecule has 2 aromatic rings. The number of nitrogens with zero attached hydrogens (tertiary/aromatic N) is 1. The molecule has 1 aromatic heterocycles. The zero-order valence-electron chi connectivity index (χ0n) is 12.2. The Kier molecular flexibility index (Phi) is 4.10. The van der Waals surface area contributed by atoms with E-state index in [9.17, 15) is 0 Å². The van der Waals surface area contributed by atoms with Crippen LogP contribution in [0.1, 0.15) is 39.5 Å². The van der Waals surface area contributed by atoms with E-state index in [2.05, 4.69) is 31.1 Å². The van der Waals surface area contributed by atoms with Gasteiger partial charge in [-0.05, 0) is 32.0 Å². The van der Waals surface area contributed by atoms with Gasteiger partial charge in [-0.15, -0.1) is 0 Å². The molecule has 0 aliphatic rings. The summed E-state index contributed by atoms with van der Waals surface area (Å²) in [5, 5.41) is 3.42. The van der Waals surface area contributed by atoms with Crippen LogP contribution >= 0.6 is 0 Å². The van der Waals surface area contributed by atoms with Gasteiger partial charge in [0.05, 0.1) is 6.10 Å². The first kappa shape index (κ1) is 13.9. The predicted octanol–water partition coefficient (Wildman–Crippen LogP) is 3.79. The molecule has 0 radical (unpaired) electrons. The molecule has 1 N–H and O–H groups in total. The molecule has 2 rings (SSSR count). The Morgan fingerprint density at radius 3 is 2.58 bits per heavy atom. The van der Waals surface area contributed by atoms with Crippen molar-refractivity contribution in [2.45, 2.75) is 45.8 Å². The normalized spacial score (nSPS) is 14.8. The van der Waals surface area contributed by atoms with Gasteiger partial charge in [0.15, 0.2) is 11.5 Å². The average molecular weight is 262 g/mol. The van der Waals surface area contributed by atoms with Crippen LogP contribution < -0.4 is 5.32 Å². The SMILES string of the molecule is COC(C)C(C)Nc1ccc2oc(C(C)C)nc2c1. The lowest BCUT2D eigenvalue weighted by Gasteiger charge is -2.20. The summed E-state index contributed by atoms with van der Waals surface area (Å²) in [6, 6.07) is 6.22. The minimum absolute atomic E-state index is 0.152. The zero-order valence-corrected chi connectivity index (χ0v) is 12.2. The molecule has 2 unspecified atom stereocenters. The highest BCUT2D eigenvalue weighted by atomic mass is 16.5. The first-order chi connectivity index (χ1) is 9.01. The Balaban J connectivity index is 2.21. The molecular weight excluding hydrogens is 240 g/mol. The van der Waals surface area contributed by atoms with Gasteiger partial charge in [-0.25, -0.2) is 4.98 Å². The molecule has 4 heteroatoms. The highest BCUT2D eigenvalue weighted by molar-refractivity contribution is 5.77. The highest BCUT2D eigenvalue weighted by Gasteiger charge is 2.13. The van der Waals surface area contributed by atoms with Crippen LogP contribution in [0.4, 0.5) is 5.69 Å². The number of oxazole rings is 1. The van der Waals surface area contributed by atoms with Crippen molar-refractivity contribution in [3.63, 3.8) is 0 Å². The van der Waals surface area contributed by atoms with Gasteiger partial charge in [0.2, 0.25) is 0 Å². The lowest BCUT2D eigenvalue weighted by molar-refractivity contribution is 0.106. The molecule has 0 spiro atoms. The fraction of sp³-hybridized carbons (Fsp3) is 0.533. The number of benzene rings is 1. The van der Waals surface area contributed by atoms with Crippen molar-refractivity contribution in [3.8, 4) is 0 Å². The molecule has 0 saturated heterocycles. The maximum atomic E-state index is 5.69. The molecule has 0 aliphatic carbocycles. The van der Waals surface area contributed by atoms with E-state index < -0.39 is 0 Å². The molecule has 1 aromatic carbocycles. The first-order valence-corrected chi connectivity index (χ1v) is 6.71. The summed E-state index contributed by atoms with van der Waals surface area (Å²) in [5.41, 5.74) is 2.76. The molecule has 19 heavy (non-hydrogen) atoms. The summed E-state index contributed by atoms with van der Waals surface area (Å²) in [5.74, 6) is 1.08. The maximum Gasteiger partial charge on any atom is 0.198 e.